The van der Waals surface area contributed by atoms with Crippen LogP contribution in [0.5, 0.6) is 0 Å². The third kappa shape index (κ3) is 1.90. The molecular formula is C12H23N. The van der Waals surface area contributed by atoms with Crippen LogP contribution in [-0.4, -0.2) is 24.0 Å². The van der Waals surface area contributed by atoms with Crippen molar-refractivity contribution < 1.29 is 0 Å². The van der Waals surface area contributed by atoms with E-state index >= 15 is 0 Å². The number of rotatable bonds is 0. The maximum atomic E-state index is 2.74. The molecule has 0 aliphatic carbocycles. The highest BCUT2D eigenvalue weighted by molar-refractivity contribution is 4.92. The molecule has 0 spiro atoms. The largest absolute Gasteiger partial charge is 0.300 e. The van der Waals surface area contributed by atoms with Gasteiger partial charge in [0.25, 0.3) is 0 Å². The van der Waals surface area contributed by atoms with E-state index in [0.717, 1.165) is 12.0 Å². The molecule has 76 valence electrons. The lowest BCUT2D eigenvalue weighted by molar-refractivity contribution is 0.187. The fourth-order valence-electron chi connectivity index (χ4n) is 2.88. The smallest absolute Gasteiger partial charge is 0.00987 e. The molecule has 0 radical (unpaired) electrons. The molecule has 0 amide bonds. The number of hydrogen-bond acceptors (Lipinski definition) is 1. The fourth-order valence-corrected chi connectivity index (χ4v) is 2.88. The van der Waals surface area contributed by atoms with Gasteiger partial charge in [0, 0.05) is 12.6 Å². The third-order valence-corrected chi connectivity index (χ3v) is 3.99. The summed E-state index contributed by atoms with van der Waals surface area (Å²) in [6, 6.07) is 0.943. The molecule has 0 aromatic heterocycles. The number of piperidine rings is 1. The molecule has 0 saturated carbocycles. The Kier molecular flexibility index (Phi) is 2.39. The van der Waals surface area contributed by atoms with Crippen molar-refractivity contribution >= 4 is 0 Å². The first kappa shape index (κ1) is 9.51. The molecule has 2 atom stereocenters. The lowest BCUT2D eigenvalue weighted by atomic mass is 9.79. The first-order valence-electron chi connectivity index (χ1n) is 5.81. The van der Waals surface area contributed by atoms with E-state index in [1.54, 1.807) is 0 Å². The highest BCUT2D eigenvalue weighted by Crippen LogP contribution is 2.39. The van der Waals surface area contributed by atoms with Gasteiger partial charge in [-0.05, 0) is 37.1 Å². The molecule has 2 unspecified atom stereocenters. The summed E-state index contributed by atoms with van der Waals surface area (Å²) in [5, 5.41) is 0. The van der Waals surface area contributed by atoms with Crippen molar-refractivity contribution in [1.29, 1.82) is 0 Å². The minimum Gasteiger partial charge on any atom is -0.300 e. The van der Waals surface area contributed by atoms with Crippen molar-refractivity contribution in [1.82, 2.24) is 4.90 Å². The third-order valence-electron chi connectivity index (χ3n) is 3.99. The van der Waals surface area contributed by atoms with Crippen LogP contribution in [0.3, 0.4) is 0 Å². The van der Waals surface area contributed by atoms with E-state index in [4.69, 9.17) is 0 Å². The SMILES string of the molecule is CC(C)(C)C1CC2CCCCN2C1. The zero-order chi connectivity index (χ0) is 9.47. The average Bonchev–Trinajstić information content (AvgIpc) is 2.45. The van der Waals surface area contributed by atoms with Crippen LogP contribution in [0, 0.1) is 11.3 Å². The lowest BCUT2D eigenvalue weighted by Gasteiger charge is -2.29. The molecule has 0 N–H and O–H groups in total. The summed E-state index contributed by atoms with van der Waals surface area (Å²) in [4.78, 5) is 2.74. The molecule has 1 heteroatoms. The Bertz CT molecular complexity index is 166. The standard InChI is InChI=1S/C12H23N/c1-12(2,3)10-8-11-6-4-5-7-13(11)9-10/h10-11H,4-9H2,1-3H3. The molecule has 13 heavy (non-hydrogen) atoms. The summed E-state index contributed by atoms with van der Waals surface area (Å²) in [7, 11) is 0. The van der Waals surface area contributed by atoms with Gasteiger partial charge in [0.15, 0.2) is 0 Å². The average molecular weight is 181 g/mol. The van der Waals surface area contributed by atoms with E-state index in [0.29, 0.717) is 5.41 Å². The van der Waals surface area contributed by atoms with Gasteiger partial charge in [-0.3, -0.25) is 0 Å². The first-order valence-corrected chi connectivity index (χ1v) is 5.81. The zero-order valence-electron chi connectivity index (χ0n) is 9.34. The normalized spacial score (nSPS) is 36.2. The summed E-state index contributed by atoms with van der Waals surface area (Å²) < 4.78 is 0. The molecule has 1 nitrogen and oxygen atoms in total. The van der Waals surface area contributed by atoms with E-state index in [-0.39, 0.29) is 0 Å². The summed E-state index contributed by atoms with van der Waals surface area (Å²) in [6.07, 6.45) is 5.83. The molecular weight excluding hydrogens is 158 g/mol. The second-order valence-corrected chi connectivity index (χ2v) is 5.94. The van der Waals surface area contributed by atoms with E-state index in [1.807, 2.05) is 0 Å². The van der Waals surface area contributed by atoms with Gasteiger partial charge in [-0.15, -0.1) is 0 Å². The highest BCUT2D eigenvalue weighted by atomic mass is 15.2. The van der Waals surface area contributed by atoms with Crippen LogP contribution in [0.25, 0.3) is 0 Å². The summed E-state index contributed by atoms with van der Waals surface area (Å²) >= 11 is 0. The van der Waals surface area contributed by atoms with Gasteiger partial charge in [0.2, 0.25) is 0 Å². The van der Waals surface area contributed by atoms with Crippen molar-refractivity contribution in [2.75, 3.05) is 13.1 Å². The maximum absolute atomic E-state index is 2.74. The Balaban J connectivity index is 1.99. The van der Waals surface area contributed by atoms with E-state index in [9.17, 15) is 0 Å². The molecule has 0 aromatic carbocycles. The summed E-state index contributed by atoms with van der Waals surface area (Å²) in [5.74, 6) is 0.940. The van der Waals surface area contributed by atoms with Gasteiger partial charge in [0.05, 0.1) is 0 Å². The van der Waals surface area contributed by atoms with Crippen molar-refractivity contribution in [2.24, 2.45) is 11.3 Å². The Morgan fingerprint density at radius 2 is 1.92 bits per heavy atom. The van der Waals surface area contributed by atoms with Crippen LogP contribution in [-0.2, 0) is 0 Å². The Morgan fingerprint density at radius 1 is 1.15 bits per heavy atom. The molecule has 2 heterocycles. The number of hydrogen-bond donors (Lipinski definition) is 0. The van der Waals surface area contributed by atoms with E-state index in [1.165, 1.54) is 38.8 Å². The van der Waals surface area contributed by atoms with Crippen LogP contribution >= 0.6 is 0 Å². The van der Waals surface area contributed by atoms with E-state index < -0.39 is 0 Å². The van der Waals surface area contributed by atoms with Gasteiger partial charge in [0.1, 0.15) is 0 Å². The molecule has 0 aromatic rings. The maximum Gasteiger partial charge on any atom is 0.00987 e. The highest BCUT2D eigenvalue weighted by Gasteiger charge is 2.38. The predicted molar refractivity (Wildman–Crippen MR) is 56.8 cm³/mol. The lowest BCUT2D eigenvalue weighted by Crippen LogP contribution is -2.34. The Labute approximate surface area is 82.5 Å². The van der Waals surface area contributed by atoms with Gasteiger partial charge in [-0.2, -0.15) is 0 Å². The monoisotopic (exact) mass is 181 g/mol. The second kappa shape index (κ2) is 3.27. The fraction of sp³-hybridized carbons (Fsp3) is 1.00. The first-order chi connectivity index (χ1) is 6.07. The minimum absolute atomic E-state index is 0.525. The number of fused-ring (bicyclic) bond motifs is 1. The van der Waals surface area contributed by atoms with Crippen LogP contribution in [0.2, 0.25) is 0 Å². The topological polar surface area (TPSA) is 3.24 Å². The predicted octanol–water partition coefficient (Wildman–Crippen LogP) is 2.91. The molecule has 2 aliphatic heterocycles. The van der Waals surface area contributed by atoms with Crippen molar-refractivity contribution in [3.05, 3.63) is 0 Å². The molecule has 2 saturated heterocycles. The van der Waals surface area contributed by atoms with Gasteiger partial charge in [-0.1, -0.05) is 27.2 Å². The van der Waals surface area contributed by atoms with Crippen molar-refractivity contribution in [3.63, 3.8) is 0 Å². The van der Waals surface area contributed by atoms with E-state index in [2.05, 4.69) is 25.7 Å². The van der Waals surface area contributed by atoms with Crippen LogP contribution in [0.1, 0.15) is 46.5 Å². The molecule has 2 aliphatic rings. The van der Waals surface area contributed by atoms with Gasteiger partial charge < -0.3 is 4.90 Å². The van der Waals surface area contributed by atoms with Gasteiger partial charge in [-0.25, -0.2) is 0 Å². The van der Waals surface area contributed by atoms with Crippen LogP contribution < -0.4 is 0 Å². The van der Waals surface area contributed by atoms with Crippen molar-refractivity contribution in [2.45, 2.75) is 52.5 Å². The summed E-state index contributed by atoms with van der Waals surface area (Å²) in [6.45, 7) is 9.94. The molecule has 2 fully saturated rings. The minimum atomic E-state index is 0.525. The second-order valence-electron chi connectivity index (χ2n) is 5.94. The molecule has 0 bridgehead atoms. The Hall–Kier alpha value is -0.0400. The van der Waals surface area contributed by atoms with Crippen molar-refractivity contribution in [3.8, 4) is 0 Å². The van der Waals surface area contributed by atoms with Crippen LogP contribution in [0.15, 0.2) is 0 Å². The quantitative estimate of drug-likeness (QED) is 0.555. The Morgan fingerprint density at radius 3 is 2.54 bits per heavy atom. The number of nitrogens with zero attached hydrogens (tertiary/aromatic N) is 1. The summed E-state index contributed by atoms with van der Waals surface area (Å²) in [5.41, 5.74) is 0.525. The van der Waals surface area contributed by atoms with Crippen LogP contribution in [0.4, 0.5) is 0 Å². The molecule has 2 rings (SSSR count). The van der Waals surface area contributed by atoms with Gasteiger partial charge >= 0.3 is 0 Å². The zero-order valence-corrected chi connectivity index (χ0v) is 9.34.